The zero-order valence-electron chi connectivity index (χ0n) is 18.9. The summed E-state index contributed by atoms with van der Waals surface area (Å²) in [7, 11) is 0. The van der Waals surface area contributed by atoms with E-state index in [4.69, 9.17) is 4.98 Å². The standard InChI is InChI=1S/C29H25GeNS/c1-18-15-22-21-11-7-8-12-27(21)32-29(22)23(16-18)26-17-24(30(2,3)4)28-20-10-6-5-9-19(20)13-14-25(28)31-26/h5-17H,1-4H3. The van der Waals surface area contributed by atoms with Crippen LogP contribution in [0.1, 0.15) is 5.56 Å². The molecule has 0 bridgehead atoms. The van der Waals surface area contributed by atoms with Crippen molar-refractivity contribution in [3.05, 3.63) is 84.4 Å². The van der Waals surface area contributed by atoms with E-state index in [0.29, 0.717) is 0 Å². The summed E-state index contributed by atoms with van der Waals surface area (Å²) < 4.78 is 4.23. The second-order valence-corrected chi connectivity index (χ2v) is 21.4. The van der Waals surface area contributed by atoms with Crippen LogP contribution in [0.25, 0.3) is 53.1 Å². The monoisotopic (exact) mass is 493 g/mol. The maximum absolute atomic E-state index is 5.27. The number of nitrogens with zero attached hydrogens (tertiary/aromatic N) is 1. The first kappa shape index (κ1) is 20.0. The SMILES string of the molecule is Cc1cc(-c2c[c]([Ge]([CH3])([CH3])[CH3])c3c(ccc4ccccc43)n2)c2sc3ccccc3c2c1. The van der Waals surface area contributed by atoms with Gasteiger partial charge in [0.2, 0.25) is 0 Å². The first-order valence-electron chi connectivity index (χ1n) is 11.2. The molecule has 0 amide bonds. The zero-order chi connectivity index (χ0) is 22.0. The third-order valence-corrected chi connectivity index (χ3v) is 11.8. The third-order valence-electron chi connectivity index (χ3n) is 6.40. The van der Waals surface area contributed by atoms with Crippen molar-refractivity contribution >= 4 is 70.8 Å². The second kappa shape index (κ2) is 7.16. The second-order valence-electron chi connectivity index (χ2n) is 9.77. The molecule has 4 aromatic carbocycles. The maximum atomic E-state index is 5.27. The van der Waals surface area contributed by atoms with E-state index in [1.165, 1.54) is 51.9 Å². The Kier molecular flexibility index (Phi) is 4.47. The molecule has 32 heavy (non-hydrogen) atoms. The van der Waals surface area contributed by atoms with E-state index in [1.54, 1.807) is 0 Å². The molecule has 6 aromatic rings. The first-order chi connectivity index (χ1) is 15.4. The van der Waals surface area contributed by atoms with Gasteiger partial charge in [0, 0.05) is 0 Å². The Hall–Kier alpha value is -2.69. The van der Waals surface area contributed by atoms with E-state index in [0.717, 1.165) is 11.2 Å². The van der Waals surface area contributed by atoms with Gasteiger partial charge in [-0.2, -0.15) is 0 Å². The number of aromatic nitrogens is 1. The van der Waals surface area contributed by atoms with Gasteiger partial charge in [-0.3, -0.25) is 0 Å². The Labute approximate surface area is 195 Å². The van der Waals surface area contributed by atoms with Gasteiger partial charge in [0.15, 0.2) is 0 Å². The van der Waals surface area contributed by atoms with Crippen molar-refractivity contribution in [2.24, 2.45) is 0 Å². The van der Waals surface area contributed by atoms with E-state index in [1.807, 2.05) is 11.3 Å². The van der Waals surface area contributed by atoms with Crippen LogP contribution in [0, 0.1) is 6.92 Å². The quantitative estimate of drug-likeness (QED) is 0.175. The molecule has 0 aliphatic carbocycles. The summed E-state index contributed by atoms with van der Waals surface area (Å²) >= 11 is -0.311. The van der Waals surface area contributed by atoms with Gasteiger partial charge in [0.1, 0.15) is 0 Å². The average molecular weight is 492 g/mol. The van der Waals surface area contributed by atoms with Crippen molar-refractivity contribution < 1.29 is 0 Å². The number of hydrogen-bond acceptors (Lipinski definition) is 2. The molecule has 156 valence electrons. The van der Waals surface area contributed by atoms with Crippen molar-refractivity contribution in [2.45, 2.75) is 24.2 Å². The number of aryl methyl sites for hydroxylation is 1. The topological polar surface area (TPSA) is 12.9 Å². The van der Waals surface area contributed by atoms with E-state index < -0.39 is 13.3 Å². The average Bonchev–Trinajstić information content (AvgIpc) is 3.15. The Bertz CT molecular complexity index is 1670. The number of rotatable bonds is 2. The molecule has 0 aliphatic rings. The van der Waals surface area contributed by atoms with Gasteiger partial charge >= 0.3 is 196 Å². The van der Waals surface area contributed by atoms with Crippen LogP contribution in [-0.2, 0) is 0 Å². The van der Waals surface area contributed by atoms with Gasteiger partial charge in [-0.05, 0) is 0 Å². The van der Waals surface area contributed by atoms with Gasteiger partial charge in [0.25, 0.3) is 0 Å². The summed E-state index contributed by atoms with van der Waals surface area (Å²) in [5.41, 5.74) is 4.79. The molecule has 0 fully saturated rings. The molecular weight excluding hydrogens is 467 g/mol. The van der Waals surface area contributed by atoms with E-state index in [-0.39, 0.29) is 0 Å². The van der Waals surface area contributed by atoms with Gasteiger partial charge in [-0.25, -0.2) is 0 Å². The van der Waals surface area contributed by atoms with Gasteiger partial charge in [-0.15, -0.1) is 0 Å². The molecule has 0 N–H and O–H groups in total. The summed E-state index contributed by atoms with van der Waals surface area (Å²) in [6, 6.07) is 29.0. The zero-order valence-corrected chi connectivity index (χ0v) is 21.8. The Morgan fingerprint density at radius 2 is 1.50 bits per heavy atom. The van der Waals surface area contributed by atoms with Crippen molar-refractivity contribution in [1.29, 1.82) is 0 Å². The molecule has 0 radical (unpaired) electrons. The molecule has 0 saturated heterocycles. The fourth-order valence-electron chi connectivity index (χ4n) is 4.90. The van der Waals surface area contributed by atoms with Crippen molar-refractivity contribution in [3.8, 4) is 11.3 Å². The molecule has 0 atom stereocenters. The minimum absolute atomic E-state index is 1.11. The summed E-state index contributed by atoms with van der Waals surface area (Å²) in [6.07, 6.45) is 0. The number of hydrogen-bond donors (Lipinski definition) is 0. The number of thiophene rings is 1. The predicted molar refractivity (Wildman–Crippen MR) is 145 cm³/mol. The molecule has 2 aromatic heterocycles. The summed E-state index contributed by atoms with van der Waals surface area (Å²) in [6.45, 7) is 2.20. The summed E-state index contributed by atoms with van der Waals surface area (Å²) in [5.74, 6) is 7.47. The molecule has 2 heterocycles. The number of pyridine rings is 1. The number of benzene rings is 4. The van der Waals surface area contributed by atoms with Crippen molar-refractivity contribution in [1.82, 2.24) is 4.98 Å². The third kappa shape index (κ3) is 3.08. The fourth-order valence-corrected chi connectivity index (χ4v) is 9.43. The molecular formula is C29H25GeNS. The Morgan fingerprint density at radius 3 is 2.31 bits per heavy atom. The molecule has 0 aliphatic heterocycles. The van der Waals surface area contributed by atoms with Crippen LogP contribution in [0.5, 0.6) is 0 Å². The van der Waals surface area contributed by atoms with Crippen LogP contribution >= 0.6 is 11.3 Å². The summed E-state index contributed by atoms with van der Waals surface area (Å²) in [4.78, 5) is 5.27. The number of fused-ring (bicyclic) bond motifs is 6. The molecule has 0 spiro atoms. The van der Waals surface area contributed by atoms with Gasteiger partial charge in [0.05, 0.1) is 0 Å². The molecule has 1 nitrogen and oxygen atoms in total. The molecule has 0 unspecified atom stereocenters. The van der Waals surface area contributed by atoms with E-state index in [2.05, 4.69) is 103 Å². The van der Waals surface area contributed by atoms with Crippen molar-refractivity contribution in [3.63, 3.8) is 0 Å². The van der Waals surface area contributed by atoms with Crippen LogP contribution in [0.4, 0.5) is 0 Å². The van der Waals surface area contributed by atoms with Crippen LogP contribution in [0.3, 0.4) is 0 Å². The normalized spacial score (nSPS) is 12.4. The van der Waals surface area contributed by atoms with Crippen LogP contribution < -0.4 is 4.40 Å². The first-order valence-corrected chi connectivity index (χ1v) is 19.3. The molecule has 6 rings (SSSR count). The van der Waals surface area contributed by atoms with Gasteiger partial charge < -0.3 is 0 Å². The van der Waals surface area contributed by atoms with Crippen LogP contribution in [-0.4, -0.2) is 18.3 Å². The molecule has 3 heteroatoms. The van der Waals surface area contributed by atoms with E-state index >= 15 is 0 Å². The fraction of sp³-hybridized carbons (Fsp3) is 0.138. The molecule has 0 saturated carbocycles. The Balaban J connectivity index is 1.74. The Morgan fingerprint density at radius 1 is 0.750 bits per heavy atom. The van der Waals surface area contributed by atoms with Crippen molar-refractivity contribution in [2.75, 3.05) is 0 Å². The van der Waals surface area contributed by atoms with Gasteiger partial charge in [-0.1, -0.05) is 0 Å². The predicted octanol–water partition coefficient (Wildman–Crippen LogP) is 8.28. The van der Waals surface area contributed by atoms with Crippen LogP contribution in [0.15, 0.2) is 78.9 Å². The minimum atomic E-state index is -2.20. The van der Waals surface area contributed by atoms with Crippen LogP contribution in [0.2, 0.25) is 17.3 Å². The van der Waals surface area contributed by atoms with E-state index in [9.17, 15) is 0 Å². The summed E-state index contributed by atoms with van der Waals surface area (Å²) in [5, 5.41) is 6.68.